The topological polar surface area (TPSA) is 78.4 Å². The first-order chi connectivity index (χ1) is 12.5. The molecule has 0 bridgehead atoms. The van der Waals surface area contributed by atoms with Crippen molar-refractivity contribution in [1.82, 2.24) is 10.6 Å². The first-order valence-corrected chi connectivity index (χ1v) is 10.2. The van der Waals surface area contributed by atoms with Crippen molar-refractivity contribution in [3.63, 3.8) is 0 Å². The molecule has 26 heavy (non-hydrogen) atoms. The number of rotatable bonds is 7. The molecule has 1 saturated heterocycles. The molecule has 2 fully saturated rings. The second-order valence-electron chi connectivity index (χ2n) is 7.63. The van der Waals surface area contributed by atoms with Crippen molar-refractivity contribution in [2.75, 3.05) is 19.7 Å². The lowest BCUT2D eigenvalue weighted by atomic mass is 9.68. The van der Waals surface area contributed by atoms with E-state index in [9.17, 15) is 14.7 Å². The van der Waals surface area contributed by atoms with E-state index in [1.165, 1.54) is 0 Å². The van der Waals surface area contributed by atoms with Crippen molar-refractivity contribution < 1.29 is 14.7 Å². The van der Waals surface area contributed by atoms with Crippen LogP contribution >= 0.6 is 11.6 Å². The van der Waals surface area contributed by atoms with Crippen LogP contribution in [0.5, 0.6) is 0 Å². The Balaban J connectivity index is 1.86. The van der Waals surface area contributed by atoms with Crippen LogP contribution in [0.1, 0.15) is 51.9 Å². The third-order valence-electron chi connectivity index (χ3n) is 5.78. The number of halogens is 1. The SMILES string of the molecule is CCCCNCC1CCC2=CC(Cl)(CCO)C3NC(=O)CCC3=C2C1=O. The largest absolute Gasteiger partial charge is 0.396 e. The maximum atomic E-state index is 13.2. The maximum Gasteiger partial charge on any atom is 0.220 e. The van der Waals surface area contributed by atoms with E-state index in [4.69, 9.17) is 11.6 Å². The third-order valence-corrected chi connectivity index (χ3v) is 6.30. The lowest BCUT2D eigenvalue weighted by Crippen LogP contribution is -2.55. The predicted molar refractivity (Wildman–Crippen MR) is 102 cm³/mol. The van der Waals surface area contributed by atoms with Gasteiger partial charge in [0, 0.05) is 31.1 Å². The Hall–Kier alpha value is -1.17. The number of alkyl halides is 1. The summed E-state index contributed by atoms with van der Waals surface area (Å²) >= 11 is 6.83. The Kier molecular flexibility index (Phi) is 6.21. The average molecular weight is 381 g/mol. The second kappa shape index (κ2) is 8.24. The fourth-order valence-corrected chi connectivity index (χ4v) is 4.78. The van der Waals surface area contributed by atoms with Crippen molar-refractivity contribution in [2.24, 2.45) is 5.92 Å². The molecule has 5 nitrogen and oxygen atoms in total. The number of carbonyl (C=O) groups excluding carboxylic acids is 2. The van der Waals surface area contributed by atoms with Gasteiger partial charge in [0.15, 0.2) is 5.78 Å². The lowest BCUT2D eigenvalue weighted by Gasteiger charge is -2.44. The van der Waals surface area contributed by atoms with E-state index in [-0.39, 0.29) is 24.2 Å². The Morgan fingerprint density at radius 3 is 2.88 bits per heavy atom. The first-order valence-electron chi connectivity index (χ1n) is 9.79. The number of nitrogens with one attached hydrogen (secondary N) is 2. The zero-order valence-electron chi connectivity index (χ0n) is 15.4. The fraction of sp³-hybridized carbons (Fsp3) is 0.700. The molecule has 3 rings (SSSR count). The van der Waals surface area contributed by atoms with Crippen molar-refractivity contribution in [3.8, 4) is 0 Å². The highest BCUT2D eigenvalue weighted by atomic mass is 35.5. The number of allylic oxidation sites excluding steroid dienone is 2. The summed E-state index contributed by atoms with van der Waals surface area (Å²) < 4.78 is 0. The van der Waals surface area contributed by atoms with Crippen molar-refractivity contribution in [2.45, 2.75) is 62.8 Å². The Morgan fingerprint density at radius 2 is 2.15 bits per heavy atom. The zero-order chi connectivity index (χ0) is 18.7. The number of aliphatic hydroxyl groups is 1. The Labute approximate surface area is 160 Å². The van der Waals surface area contributed by atoms with Gasteiger partial charge in [-0.3, -0.25) is 9.59 Å². The van der Waals surface area contributed by atoms with E-state index in [2.05, 4.69) is 17.6 Å². The molecule has 0 aromatic rings. The molecule has 0 spiro atoms. The number of fused-ring (bicyclic) bond motifs is 2. The van der Waals surface area contributed by atoms with Crippen LogP contribution in [-0.2, 0) is 9.59 Å². The van der Waals surface area contributed by atoms with Gasteiger partial charge in [-0.15, -0.1) is 11.6 Å². The molecule has 0 aromatic heterocycles. The number of aliphatic hydroxyl groups excluding tert-OH is 1. The number of hydrogen-bond donors (Lipinski definition) is 3. The molecule has 2 aliphatic carbocycles. The number of carbonyl (C=O) groups is 2. The van der Waals surface area contributed by atoms with Gasteiger partial charge in [0.2, 0.25) is 5.91 Å². The van der Waals surface area contributed by atoms with Crippen LogP contribution < -0.4 is 10.6 Å². The molecule has 3 atom stereocenters. The molecule has 1 heterocycles. The van der Waals surface area contributed by atoms with Crippen LogP contribution in [0.3, 0.4) is 0 Å². The van der Waals surface area contributed by atoms with Gasteiger partial charge in [-0.05, 0) is 49.8 Å². The minimum atomic E-state index is -0.842. The standard InChI is InChI=1S/C20H29ClN2O3/c1-2-3-9-22-12-14-5-4-13-11-20(21,8-10-24)19-15(17(13)18(14)26)6-7-16(25)23-19/h11,14,19,22,24H,2-10,12H2,1H3,(H,23,25). The number of hydrogen-bond acceptors (Lipinski definition) is 4. The minimum absolute atomic E-state index is 0.00884. The Bertz CT molecular complexity index is 643. The predicted octanol–water partition coefficient (Wildman–Crippen LogP) is 2.23. The Morgan fingerprint density at radius 1 is 1.35 bits per heavy atom. The zero-order valence-corrected chi connectivity index (χ0v) is 16.2. The van der Waals surface area contributed by atoms with Crippen molar-refractivity contribution >= 4 is 23.3 Å². The second-order valence-corrected chi connectivity index (χ2v) is 8.33. The maximum absolute atomic E-state index is 13.2. The third kappa shape index (κ3) is 3.75. The van der Waals surface area contributed by atoms with E-state index in [1.54, 1.807) is 0 Å². The molecular weight excluding hydrogens is 352 g/mol. The summed E-state index contributed by atoms with van der Waals surface area (Å²) in [4.78, 5) is 24.3. The number of Topliss-reactive ketones (excluding diaryl/α,β-unsaturated/α-hetero) is 1. The average Bonchev–Trinajstić information content (AvgIpc) is 2.61. The van der Waals surface area contributed by atoms with Gasteiger partial charge in [-0.25, -0.2) is 0 Å². The van der Waals surface area contributed by atoms with Crippen molar-refractivity contribution in [1.29, 1.82) is 0 Å². The van der Waals surface area contributed by atoms with Gasteiger partial charge < -0.3 is 15.7 Å². The van der Waals surface area contributed by atoms with E-state index in [1.807, 2.05) is 6.08 Å². The summed E-state index contributed by atoms with van der Waals surface area (Å²) in [7, 11) is 0. The van der Waals surface area contributed by atoms with Gasteiger partial charge in [-0.1, -0.05) is 19.4 Å². The molecule has 3 N–H and O–H groups in total. The summed E-state index contributed by atoms with van der Waals surface area (Å²) in [5.74, 6) is 0.135. The van der Waals surface area contributed by atoms with E-state index >= 15 is 0 Å². The fourth-order valence-electron chi connectivity index (χ4n) is 4.38. The van der Waals surface area contributed by atoms with Crippen LogP contribution in [0, 0.1) is 5.92 Å². The summed E-state index contributed by atoms with van der Waals surface area (Å²) in [5, 5.41) is 15.8. The monoisotopic (exact) mass is 380 g/mol. The summed E-state index contributed by atoms with van der Waals surface area (Å²) in [6, 6.07) is -0.396. The van der Waals surface area contributed by atoms with Crippen LogP contribution in [-0.4, -0.2) is 47.4 Å². The van der Waals surface area contributed by atoms with Gasteiger partial charge in [0.05, 0.1) is 10.9 Å². The molecule has 144 valence electrons. The summed E-state index contributed by atoms with van der Waals surface area (Å²) in [5.41, 5.74) is 2.78. The van der Waals surface area contributed by atoms with Crippen LogP contribution in [0.2, 0.25) is 0 Å². The number of amides is 1. The number of unbranched alkanes of at least 4 members (excludes halogenated alkanes) is 1. The van der Waals surface area contributed by atoms with Crippen LogP contribution in [0.25, 0.3) is 0 Å². The van der Waals surface area contributed by atoms with E-state index < -0.39 is 10.9 Å². The normalized spacial score (nSPS) is 31.3. The highest BCUT2D eigenvalue weighted by Gasteiger charge is 2.47. The van der Waals surface area contributed by atoms with Crippen molar-refractivity contribution in [3.05, 3.63) is 22.8 Å². The molecule has 0 radical (unpaired) electrons. The molecule has 0 aromatic carbocycles. The van der Waals surface area contributed by atoms with Crippen LogP contribution in [0.4, 0.5) is 0 Å². The quantitative estimate of drug-likeness (QED) is 0.467. The highest BCUT2D eigenvalue weighted by molar-refractivity contribution is 6.27. The molecule has 3 unspecified atom stereocenters. The van der Waals surface area contributed by atoms with Gasteiger partial charge >= 0.3 is 0 Å². The van der Waals surface area contributed by atoms with Gasteiger partial charge in [0.1, 0.15) is 0 Å². The molecule has 6 heteroatoms. The molecule has 1 amide bonds. The minimum Gasteiger partial charge on any atom is -0.396 e. The number of piperidine rings is 1. The lowest BCUT2D eigenvalue weighted by molar-refractivity contribution is -0.123. The molecular formula is C20H29ClN2O3. The molecule has 3 aliphatic rings. The molecule has 1 aliphatic heterocycles. The highest BCUT2D eigenvalue weighted by Crippen LogP contribution is 2.46. The van der Waals surface area contributed by atoms with E-state index in [0.717, 1.165) is 48.9 Å². The molecule has 1 saturated carbocycles. The first kappa shape index (κ1) is 19.6. The summed E-state index contributed by atoms with van der Waals surface area (Å²) in [6.45, 7) is 3.75. The smallest absolute Gasteiger partial charge is 0.220 e. The van der Waals surface area contributed by atoms with Gasteiger partial charge in [-0.2, -0.15) is 0 Å². The number of ketones is 1. The van der Waals surface area contributed by atoms with E-state index in [0.29, 0.717) is 25.8 Å². The van der Waals surface area contributed by atoms with Gasteiger partial charge in [0.25, 0.3) is 0 Å². The summed E-state index contributed by atoms with van der Waals surface area (Å²) in [6.07, 6.45) is 7.15. The van der Waals surface area contributed by atoms with Crippen LogP contribution in [0.15, 0.2) is 22.8 Å².